The molecule has 0 spiro atoms. The van der Waals surface area contributed by atoms with Crippen molar-refractivity contribution in [1.82, 2.24) is 14.1 Å². The Balaban J connectivity index is 1.86. The number of rotatable bonds is 4. The second-order valence-electron chi connectivity index (χ2n) is 4.34. The third kappa shape index (κ3) is 2.34. The number of thiazole rings is 1. The second-order valence-corrected chi connectivity index (χ2v) is 6.90. The number of anilines is 1. The Hall–Kier alpha value is -1.16. The first-order valence-corrected chi connectivity index (χ1v) is 8.26. The Morgan fingerprint density at radius 1 is 1.63 bits per heavy atom. The highest BCUT2D eigenvalue weighted by Crippen LogP contribution is 2.23. The van der Waals surface area contributed by atoms with Gasteiger partial charge in [-0.25, -0.2) is 18.1 Å². The molecule has 1 aliphatic rings. The van der Waals surface area contributed by atoms with Gasteiger partial charge in [-0.3, -0.25) is 4.40 Å². The molecule has 1 saturated heterocycles. The number of hydrogen-bond acceptors (Lipinski definition) is 6. The molecule has 104 valence electrons. The second kappa shape index (κ2) is 4.75. The fourth-order valence-electron chi connectivity index (χ4n) is 2.13. The quantitative estimate of drug-likeness (QED) is 0.853. The Morgan fingerprint density at radius 3 is 3.21 bits per heavy atom. The van der Waals surface area contributed by atoms with Crippen molar-refractivity contribution in [2.45, 2.75) is 24.0 Å². The minimum Gasteiger partial charge on any atom is -0.381 e. The Morgan fingerprint density at radius 2 is 2.47 bits per heavy atom. The van der Waals surface area contributed by atoms with Crippen LogP contribution in [0.25, 0.3) is 4.96 Å². The average Bonchev–Trinajstić information content (AvgIpc) is 3.01. The lowest BCUT2D eigenvalue weighted by molar-refractivity contribution is 0.114. The molecule has 3 N–H and O–H groups in total. The van der Waals surface area contributed by atoms with Crippen molar-refractivity contribution in [2.24, 2.45) is 0 Å². The lowest BCUT2D eigenvalue weighted by Gasteiger charge is -2.11. The number of fused-ring (bicyclic) bond motifs is 1. The molecule has 19 heavy (non-hydrogen) atoms. The Kier molecular flexibility index (Phi) is 3.21. The van der Waals surface area contributed by atoms with Crippen LogP contribution in [0, 0.1) is 0 Å². The van der Waals surface area contributed by atoms with Crippen molar-refractivity contribution in [3.8, 4) is 0 Å². The molecule has 2 aromatic rings. The smallest absolute Gasteiger partial charge is 0.260 e. The van der Waals surface area contributed by atoms with Crippen LogP contribution in [0.4, 0.5) is 5.82 Å². The summed E-state index contributed by atoms with van der Waals surface area (Å²) >= 11 is 1.34. The predicted molar refractivity (Wildman–Crippen MR) is 71.6 cm³/mol. The lowest BCUT2D eigenvalue weighted by Crippen LogP contribution is -2.32. The van der Waals surface area contributed by atoms with Crippen LogP contribution >= 0.6 is 11.3 Å². The highest BCUT2D eigenvalue weighted by Gasteiger charge is 2.26. The largest absolute Gasteiger partial charge is 0.381 e. The van der Waals surface area contributed by atoms with Crippen molar-refractivity contribution >= 4 is 32.1 Å². The summed E-state index contributed by atoms with van der Waals surface area (Å²) in [4.78, 5) is 4.59. The molecule has 1 fully saturated rings. The first-order chi connectivity index (χ1) is 9.08. The van der Waals surface area contributed by atoms with Crippen LogP contribution in [0.5, 0.6) is 0 Å². The summed E-state index contributed by atoms with van der Waals surface area (Å²) in [6.07, 6.45) is 3.43. The fourth-order valence-corrected chi connectivity index (χ4v) is 4.17. The summed E-state index contributed by atoms with van der Waals surface area (Å²) in [6, 6.07) is 0. The Bertz CT molecular complexity index is 685. The maximum absolute atomic E-state index is 12.3. The minimum atomic E-state index is -3.68. The summed E-state index contributed by atoms with van der Waals surface area (Å²) in [5.41, 5.74) is 5.69. The van der Waals surface area contributed by atoms with E-state index in [0.717, 1.165) is 12.8 Å². The van der Waals surface area contributed by atoms with Crippen LogP contribution < -0.4 is 10.5 Å². The summed E-state index contributed by atoms with van der Waals surface area (Å²) in [7, 11) is -3.68. The maximum atomic E-state index is 12.3. The van der Waals surface area contributed by atoms with Crippen molar-refractivity contribution < 1.29 is 13.2 Å². The number of aromatic nitrogens is 2. The molecule has 0 bridgehead atoms. The zero-order valence-electron chi connectivity index (χ0n) is 10.1. The molecule has 0 saturated carbocycles. The molecule has 9 heteroatoms. The summed E-state index contributed by atoms with van der Waals surface area (Å²) < 4.78 is 34.0. The highest BCUT2D eigenvalue weighted by molar-refractivity contribution is 7.89. The van der Waals surface area contributed by atoms with Crippen molar-refractivity contribution in [1.29, 1.82) is 0 Å². The van der Waals surface area contributed by atoms with Crippen molar-refractivity contribution in [2.75, 3.05) is 18.9 Å². The summed E-state index contributed by atoms with van der Waals surface area (Å²) in [5.74, 6) is 0.0201. The minimum absolute atomic E-state index is 0.00162. The topological polar surface area (TPSA) is 98.7 Å². The molecule has 1 unspecified atom stereocenters. The molecule has 0 radical (unpaired) electrons. The molecule has 2 aromatic heterocycles. The van der Waals surface area contributed by atoms with E-state index in [1.54, 1.807) is 11.6 Å². The number of imidazole rings is 1. The number of ether oxygens (including phenoxy) is 1. The zero-order chi connectivity index (χ0) is 13.5. The number of hydrogen-bond donors (Lipinski definition) is 2. The molecule has 1 aliphatic heterocycles. The number of nitrogens with two attached hydrogens (primary N) is 1. The molecule has 3 heterocycles. The van der Waals surface area contributed by atoms with E-state index >= 15 is 0 Å². The van der Waals surface area contributed by atoms with Crippen LogP contribution in [0.15, 0.2) is 16.6 Å². The van der Waals surface area contributed by atoms with Crippen LogP contribution in [0.1, 0.15) is 12.8 Å². The number of nitrogen functional groups attached to an aromatic ring is 1. The van der Waals surface area contributed by atoms with Gasteiger partial charge in [-0.1, -0.05) is 0 Å². The monoisotopic (exact) mass is 302 g/mol. The number of nitrogens with zero attached hydrogens (tertiary/aromatic N) is 2. The normalized spacial score (nSPS) is 20.3. The van der Waals surface area contributed by atoms with Crippen LogP contribution in [-0.2, 0) is 14.8 Å². The first kappa shape index (κ1) is 12.9. The first-order valence-electron chi connectivity index (χ1n) is 5.90. The van der Waals surface area contributed by atoms with Crippen LogP contribution in [0.3, 0.4) is 0 Å². The van der Waals surface area contributed by atoms with Gasteiger partial charge in [0, 0.05) is 24.7 Å². The summed E-state index contributed by atoms with van der Waals surface area (Å²) in [6.45, 7) is 0.954. The molecule has 0 aliphatic carbocycles. The lowest BCUT2D eigenvalue weighted by atomic mass is 10.2. The average molecular weight is 302 g/mol. The molecule has 1 atom stereocenters. The zero-order valence-corrected chi connectivity index (χ0v) is 11.7. The van der Waals surface area contributed by atoms with Gasteiger partial charge >= 0.3 is 0 Å². The van der Waals surface area contributed by atoms with Gasteiger partial charge in [0.25, 0.3) is 10.0 Å². The highest BCUT2D eigenvalue weighted by atomic mass is 32.2. The van der Waals surface area contributed by atoms with E-state index in [-0.39, 0.29) is 23.5 Å². The maximum Gasteiger partial charge on any atom is 0.260 e. The van der Waals surface area contributed by atoms with E-state index in [1.165, 1.54) is 15.7 Å². The summed E-state index contributed by atoms with van der Waals surface area (Å²) in [5, 5.41) is 1.77. The van der Waals surface area contributed by atoms with Crippen molar-refractivity contribution in [3.63, 3.8) is 0 Å². The molecule has 0 amide bonds. The van der Waals surface area contributed by atoms with Gasteiger partial charge in [0.05, 0.1) is 6.10 Å². The van der Waals surface area contributed by atoms with E-state index in [1.807, 2.05) is 0 Å². The third-order valence-electron chi connectivity index (χ3n) is 3.02. The molecular weight excluding hydrogens is 288 g/mol. The van der Waals surface area contributed by atoms with Gasteiger partial charge in [-0.2, -0.15) is 0 Å². The van der Waals surface area contributed by atoms with Gasteiger partial charge in [0.1, 0.15) is 0 Å². The van der Waals surface area contributed by atoms with E-state index in [0.29, 0.717) is 11.6 Å². The van der Waals surface area contributed by atoms with Gasteiger partial charge in [-0.05, 0) is 12.8 Å². The van der Waals surface area contributed by atoms with E-state index in [4.69, 9.17) is 10.5 Å². The van der Waals surface area contributed by atoms with Crippen LogP contribution in [-0.4, -0.2) is 37.1 Å². The van der Waals surface area contributed by atoms with Gasteiger partial charge in [0.2, 0.25) is 0 Å². The SMILES string of the molecule is Nc1nc2sccn2c1S(=O)(=O)NCC1CCCO1. The predicted octanol–water partition coefficient (Wildman–Crippen LogP) is 0.435. The number of sulfonamides is 1. The van der Waals surface area contributed by atoms with Crippen LogP contribution in [0.2, 0.25) is 0 Å². The van der Waals surface area contributed by atoms with Gasteiger partial charge in [0.15, 0.2) is 15.8 Å². The van der Waals surface area contributed by atoms with Gasteiger partial charge in [-0.15, -0.1) is 11.3 Å². The fraction of sp³-hybridized carbons (Fsp3) is 0.500. The third-order valence-corrected chi connectivity index (χ3v) is 5.24. The standard InChI is InChI=1S/C10H14N4O3S2/c11-8-9(14-3-5-18-10(14)13-8)19(15,16)12-6-7-2-1-4-17-7/h3,5,7,12H,1-2,4,6,11H2. The van der Waals surface area contributed by atoms with Gasteiger partial charge < -0.3 is 10.5 Å². The van der Waals surface area contributed by atoms with E-state index in [2.05, 4.69) is 9.71 Å². The van der Waals surface area contributed by atoms with E-state index < -0.39 is 10.0 Å². The molecular formula is C10H14N4O3S2. The molecule has 0 aromatic carbocycles. The number of nitrogens with one attached hydrogen (secondary N) is 1. The van der Waals surface area contributed by atoms with E-state index in [9.17, 15) is 8.42 Å². The Labute approximate surface area is 114 Å². The van der Waals surface area contributed by atoms with Crippen molar-refractivity contribution in [3.05, 3.63) is 11.6 Å². The molecule has 3 rings (SSSR count). The molecule has 7 nitrogen and oxygen atoms in total.